The summed E-state index contributed by atoms with van der Waals surface area (Å²) in [6, 6.07) is 12.8. The minimum atomic E-state index is -1.04. The van der Waals surface area contributed by atoms with E-state index in [-0.39, 0.29) is 17.2 Å². The van der Waals surface area contributed by atoms with E-state index < -0.39 is 5.97 Å². The lowest BCUT2D eigenvalue weighted by molar-refractivity contribution is -0.131. The summed E-state index contributed by atoms with van der Waals surface area (Å²) in [5, 5.41) is 29.4. The van der Waals surface area contributed by atoms with Gasteiger partial charge in [-0.25, -0.2) is 4.79 Å². The molecule has 1 saturated carbocycles. The predicted molar refractivity (Wildman–Crippen MR) is 129 cm³/mol. The summed E-state index contributed by atoms with van der Waals surface area (Å²) < 4.78 is 11.6. The molecule has 1 aromatic heterocycles. The molecule has 2 N–H and O–H groups in total. The van der Waals surface area contributed by atoms with Crippen LogP contribution in [0.5, 0.6) is 5.75 Å². The van der Waals surface area contributed by atoms with Crippen molar-refractivity contribution in [3.8, 4) is 23.3 Å². The number of aromatic nitrogens is 2. The first-order valence-corrected chi connectivity index (χ1v) is 11.8. The van der Waals surface area contributed by atoms with E-state index in [1.165, 1.54) is 6.08 Å². The zero-order valence-corrected chi connectivity index (χ0v) is 19.7. The number of nitrogens with zero attached hydrogens (tertiary/aromatic N) is 3. The Bertz CT molecular complexity index is 1420. The molecule has 0 radical (unpaired) electrons. The average Bonchev–Trinajstić information content (AvgIpc) is 3.38. The number of carbonyl (C=O) groups excluding carboxylic acids is 1. The van der Waals surface area contributed by atoms with Gasteiger partial charge in [0.1, 0.15) is 5.75 Å². The zero-order valence-electron chi connectivity index (χ0n) is 19.7. The molecule has 9 heteroatoms. The van der Waals surface area contributed by atoms with Crippen molar-refractivity contribution in [3.05, 3.63) is 71.1 Å². The van der Waals surface area contributed by atoms with E-state index in [4.69, 9.17) is 14.3 Å². The van der Waals surface area contributed by atoms with Crippen LogP contribution in [0.1, 0.15) is 42.3 Å². The molecule has 0 bridgehead atoms. The fraction of sp³-hybridized carbons (Fsp3) is 0.296. The Morgan fingerprint density at radius 3 is 2.89 bits per heavy atom. The van der Waals surface area contributed by atoms with Crippen molar-refractivity contribution in [2.75, 3.05) is 11.9 Å². The number of carbonyl (C=O) groups is 2. The highest BCUT2D eigenvalue weighted by Gasteiger charge is 2.61. The third-order valence-corrected chi connectivity index (χ3v) is 6.82. The predicted octanol–water partition coefficient (Wildman–Crippen LogP) is 4.03. The molecule has 2 atom stereocenters. The first kappa shape index (κ1) is 23.3. The lowest BCUT2D eigenvalue weighted by atomic mass is 9.86. The molecule has 0 unspecified atom stereocenters. The van der Waals surface area contributed by atoms with E-state index in [1.54, 1.807) is 18.2 Å². The molecule has 1 aliphatic heterocycles. The zero-order chi connectivity index (χ0) is 25.3. The molecule has 5 rings (SSSR count). The van der Waals surface area contributed by atoms with Crippen molar-refractivity contribution >= 4 is 17.6 Å². The molecule has 36 heavy (non-hydrogen) atoms. The largest absolute Gasteiger partial charge is 0.493 e. The monoisotopic (exact) mass is 484 g/mol. The summed E-state index contributed by atoms with van der Waals surface area (Å²) in [7, 11) is 0. The second-order valence-electron chi connectivity index (χ2n) is 8.99. The molecule has 3 aromatic rings. The van der Waals surface area contributed by atoms with Crippen molar-refractivity contribution in [3.63, 3.8) is 0 Å². The fourth-order valence-electron chi connectivity index (χ4n) is 4.84. The van der Waals surface area contributed by atoms with Crippen LogP contribution in [0.15, 0.2) is 53.0 Å². The second-order valence-corrected chi connectivity index (χ2v) is 8.99. The lowest BCUT2D eigenvalue weighted by Gasteiger charge is -2.27. The van der Waals surface area contributed by atoms with Crippen molar-refractivity contribution < 1.29 is 23.8 Å². The fourth-order valence-corrected chi connectivity index (χ4v) is 4.84. The van der Waals surface area contributed by atoms with Gasteiger partial charge in [-0.3, -0.25) is 4.79 Å². The number of hydrogen-bond acceptors (Lipinski definition) is 7. The van der Waals surface area contributed by atoms with Crippen LogP contribution < -0.4 is 10.1 Å². The van der Waals surface area contributed by atoms with Crippen LogP contribution in [0, 0.1) is 17.2 Å². The first-order chi connectivity index (χ1) is 17.4. The van der Waals surface area contributed by atoms with Crippen molar-refractivity contribution in [2.24, 2.45) is 5.92 Å². The third-order valence-electron chi connectivity index (χ3n) is 6.82. The molecule has 1 fully saturated rings. The molecule has 182 valence electrons. The molecule has 1 spiro atoms. The van der Waals surface area contributed by atoms with Crippen LogP contribution in [0.25, 0.3) is 11.5 Å². The van der Waals surface area contributed by atoms with Gasteiger partial charge in [0.2, 0.25) is 17.7 Å². The minimum absolute atomic E-state index is 0.141. The number of amides is 1. The number of fused-ring (bicyclic) bond motifs is 2. The molecule has 0 saturated heterocycles. The van der Waals surface area contributed by atoms with E-state index in [0.29, 0.717) is 55.3 Å². The number of benzene rings is 2. The number of aryl methyl sites for hydroxylation is 1. The standard InChI is InChI=1S/C27H24N4O5/c1-2-23-30-31-26(36-23)18-8-9-22-19(13-18)27(10-11-35-22)14-20(27)25(34)29-21-12-16(15-28)6-7-17(21)4-3-5-24(32)33/h3,5-9,12-13,20H,2,4,10-11,14H2,1H3,(H,29,34)(H,32,33)/t20-,27-/m0/s1. The summed E-state index contributed by atoms with van der Waals surface area (Å²) in [6.45, 7) is 2.46. The quantitative estimate of drug-likeness (QED) is 0.479. The topological polar surface area (TPSA) is 138 Å². The highest BCUT2D eigenvalue weighted by atomic mass is 16.5. The van der Waals surface area contributed by atoms with Gasteiger partial charge in [0, 0.05) is 40.6 Å². The van der Waals surface area contributed by atoms with Crippen LogP contribution in [0.2, 0.25) is 0 Å². The van der Waals surface area contributed by atoms with Gasteiger partial charge >= 0.3 is 5.97 Å². The van der Waals surface area contributed by atoms with Crippen LogP contribution in [-0.4, -0.2) is 33.8 Å². The van der Waals surface area contributed by atoms with Crippen molar-refractivity contribution in [2.45, 2.75) is 38.0 Å². The van der Waals surface area contributed by atoms with Gasteiger partial charge in [0.05, 0.1) is 18.2 Å². The molecular formula is C27H24N4O5. The van der Waals surface area contributed by atoms with E-state index in [1.807, 2.05) is 25.1 Å². The van der Waals surface area contributed by atoms with Gasteiger partial charge in [-0.2, -0.15) is 5.26 Å². The van der Waals surface area contributed by atoms with Gasteiger partial charge in [0.25, 0.3) is 0 Å². The Balaban J connectivity index is 1.40. The van der Waals surface area contributed by atoms with Gasteiger partial charge in [-0.15, -0.1) is 10.2 Å². The Labute approximate surface area is 207 Å². The van der Waals surface area contributed by atoms with Gasteiger partial charge < -0.3 is 19.6 Å². The summed E-state index contributed by atoms with van der Waals surface area (Å²) in [5.41, 5.74) is 3.04. The number of rotatable bonds is 7. The number of hydrogen-bond donors (Lipinski definition) is 2. The number of anilines is 1. The summed E-state index contributed by atoms with van der Waals surface area (Å²) >= 11 is 0. The molecule has 2 aromatic carbocycles. The van der Waals surface area contributed by atoms with Crippen LogP contribution in [0.3, 0.4) is 0 Å². The highest BCUT2D eigenvalue weighted by Crippen LogP contribution is 2.61. The van der Waals surface area contributed by atoms with Gasteiger partial charge in [-0.1, -0.05) is 19.1 Å². The maximum atomic E-state index is 13.4. The number of ether oxygens (including phenoxy) is 1. The Morgan fingerprint density at radius 1 is 1.28 bits per heavy atom. The second kappa shape index (κ2) is 9.30. The van der Waals surface area contributed by atoms with Gasteiger partial charge in [0.15, 0.2) is 0 Å². The van der Waals surface area contributed by atoms with Crippen molar-refractivity contribution in [1.82, 2.24) is 10.2 Å². The van der Waals surface area contributed by atoms with E-state index in [2.05, 4.69) is 21.6 Å². The van der Waals surface area contributed by atoms with Crippen molar-refractivity contribution in [1.29, 1.82) is 5.26 Å². The Kier molecular flexibility index (Phi) is 6.02. The number of carboxylic acid groups (broad SMARTS) is 1. The molecule has 9 nitrogen and oxygen atoms in total. The molecule has 2 heterocycles. The highest BCUT2D eigenvalue weighted by molar-refractivity contribution is 5.97. The summed E-state index contributed by atoms with van der Waals surface area (Å²) in [6.07, 6.45) is 4.91. The maximum Gasteiger partial charge on any atom is 0.327 e. The smallest absolute Gasteiger partial charge is 0.327 e. The summed E-state index contributed by atoms with van der Waals surface area (Å²) in [5.74, 6) is 0.297. The number of nitrogens with one attached hydrogen (secondary N) is 1. The number of allylic oxidation sites excluding steroid dienone is 1. The SMILES string of the molecule is CCc1nnc(-c2ccc3c(c2)[C@]2(CCO3)C[C@H]2C(=O)Nc2cc(C#N)ccc2CC=CC(=O)O)o1. The first-order valence-electron chi connectivity index (χ1n) is 11.8. The Morgan fingerprint density at radius 2 is 2.14 bits per heavy atom. The van der Waals surface area contributed by atoms with Crippen LogP contribution in [-0.2, 0) is 27.8 Å². The normalized spacial score (nSPS) is 19.9. The van der Waals surface area contributed by atoms with E-state index in [0.717, 1.165) is 28.5 Å². The molecular weight excluding hydrogens is 460 g/mol. The minimum Gasteiger partial charge on any atom is -0.493 e. The number of nitriles is 1. The number of aliphatic carboxylic acids is 1. The molecule has 2 aliphatic rings. The van der Waals surface area contributed by atoms with Crippen LogP contribution in [0.4, 0.5) is 5.69 Å². The average molecular weight is 485 g/mol. The third kappa shape index (κ3) is 4.33. The van der Waals surface area contributed by atoms with Gasteiger partial charge in [-0.05, 0) is 55.2 Å². The van der Waals surface area contributed by atoms with Crippen LogP contribution >= 0.6 is 0 Å². The van der Waals surface area contributed by atoms with E-state index in [9.17, 15) is 14.9 Å². The molecule has 1 aliphatic carbocycles. The Hall–Kier alpha value is -4.45. The van der Waals surface area contributed by atoms with E-state index >= 15 is 0 Å². The summed E-state index contributed by atoms with van der Waals surface area (Å²) in [4.78, 5) is 24.2. The maximum absolute atomic E-state index is 13.4. The molecule has 1 amide bonds. The number of carboxylic acids is 1. The lowest BCUT2D eigenvalue weighted by Crippen LogP contribution is -2.27.